The maximum atomic E-state index is 4.52. The SMILES string of the molecule is CCC1CCCCCN1c1ncccc1Br. The molecule has 2 nitrogen and oxygen atoms in total. The van der Waals surface area contributed by atoms with Gasteiger partial charge in [0.05, 0.1) is 4.47 Å². The van der Waals surface area contributed by atoms with Crippen LogP contribution in [0.1, 0.15) is 39.0 Å². The van der Waals surface area contributed by atoms with Gasteiger partial charge >= 0.3 is 0 Å². The van der Waals surface area contributed by atoms with Gasteiger partial charge in [-0.15, -0.1) is 0 Å². The molecule has 1 saturated heterocycles. The topological polar surface area (TPSA) is 16.1 Å². The van der Waals surface area contributed by atoms with Crippen LogP contribution >= 0.6 is 15.9 Å². The largest absolute Gasteiger partial charge is 0.353 e. The molecule has 16 heavy (non-hydrogen) atoms. The van der Waals surface area contributed by atoms with Crippen LogP contribution in [0.5, 0.6) is 0 Å². The Morgan fingerprint density at radius 1 is 1.44 bits per heavy atom. The second-order valence-electron chi connectivity index (χ2n) is 4.41. The van der Waals surface area contributed by atoms with Crippen LogP contribution < -0.4 is 4.90 Å². The highest BCUT2D eigenvalue weighted by Gasteiger charge is 2.21. The lowest BCUT2D eigenvalue weighted by molar-refractivity contribution is 0.551. The quantitative estimate of drug-likeness (QED) is 0.815. The van der Waals surface area contributed by atoms with E-state index in [0.717, 1.165) is 16.8 Å². The van der Waals surface area contributed by atoms with E-state index in [0.29, 0.717) is 6.04 Å². The van der Waals surface area contributed by atoms with Crippen molar-refractivity contribution in [3.8, 4) is 0 Å². The van der Waals surface area contributed by atoms with E-state index in [2.05, 4.69) is 38.8 Å². The van der Waals surface area contributed by atoms with E-state index in [9.17, 15) is 0 Å². The van der Waals surface area contributed by atoms with Gasteiger partial charge in [-0.05, 0) is 47.3 Å². The van der Waals surface area contributed by atoms with E-state index in [1.54, 1.807) is 0 Å². The lowest BCUT2D eigenvalue weighted by atomic mass is 10.1. The van der Waals surface area contributed by atoms with Gasteiger partial charge in [0.2, 0.25) is 0 Å². The normalized spacial score (nSPS) is 21.9. The van der Waals surface area contributed by atoms with Crippen LogP contribution in [0, 0.1) is 0 Å². The monoisotopic (exact) mass is 282 g/mol. The summed E-state index contributed by atoms with van der Waals surface area (Å²) in [5.41, 5.74) is 0. The summed E-state index contributed by atoms with van der Waals surface area (Å²) in [6.07, 6.45) is 8.41. The molecule has 2 heterocycles. The number of hydrogen-bond donors (Lipinski definition) is 0. The van der Waals surface area contributed by atoms with Gasteiger partial charge in [0.25, 0.3) is 0 Å². The molecule has 1 aliphatic heterocycles. The Morgan fingerprint density at radius 2 is 2.31 bits per heavy atom. The van der Waals surface area contributed by atoms with Crippen LogP contribution in [-0.4, -0.2) is 17.6 Å². The van der Waals surface area contributed by atoms with Crippen LogP contribution in [0.3, 0.4) is 0 Å². The van der Waals surface area contributed by atoms with E-state index in [1.807, 2.05) is 12.3 Å². The summed E-state index contributed by atoms with van der Waals surface area (Å²) >= 11 is 3.61. The van der Waals surface area contributed by atoms with Crippen LogP contribution in [0.2, 0.25) is 0 Å². The molecule has 0 N–H and O–H groups in total. The van der Waals surface area contributed by atoms with Crippen molar-refractivity contribution in [2.24, 2.45) is 0 Å². The molecule has 1 aromatic rings. The molecule has 0 radical (unpaired) electrons. The summed E-state index contributed by atoms with van der Waals surface area (Å²) in [6.45, 7) is 3.42. The molecule has 0 aromatic carbocycles. The first-order valence-corrected chi connectivity index (χ1v) is 6.99. The lowest BCUT2D eigenvalue weighted by Gasteiger charge is -2.31. The summed E-state index contributed by atoms with van der Waals surface area (Å²) in [7, 11) is 0. The minimum absolute atomic E-state index is 0.661. The minimum atomic E-state index is 0.661. The van der Waals surface area contributed by atoms with Gasteiger partial charge in [0.15, 0.2) is 0 Å². The van der Waals surface area contributed by atoms with Gasteiger partial charge in [-0.25, -0.2) is 4.98 Å². The third-order valence-corrected chi connectivity index (χ3v) is 3.98. The van der Waals surface area contributed by atoms with Crippen molar-refractivity contribution in [2.45, 2.75) is 45.1 Å². The van der Waals surface area contributed by atoms with Crippen molar-refractivity contribution < 1.29 is 0 Å². The highest BCUT2D eigenvalue weighted by molar-refractivity contribution is 9.10. The van der Waals surface area contributed by atoms with Crippen LogP contribution in [0.25, 0.3) is 0 Å². The molecule has 1 fully saturated rings. The fraction of sp³-hybridized carbons (Fsp3) is 0.615. The van der Waals surface area contributed by atoms with Crippen LogP contribution in [0.4, 0.5) is 5.82 Å². The molecule has 0 amide bonds. The third-order valence-electron chi connectivity index (χ3n) is 3.36. The Balaban J connectivity index is 2.25. The van der Waals surface area contributed by atoms with E-state index >= 15 is 0 Å². The first-order chi connectivity index (χ1) is 7.83. The van der Waals surface area contributed by atoms with Crippen molar-refractivity contribution in [3.63, 3.8) is 0 Å². The van der Waals surface area contributed by atoms with Gasteiger partial charge in [-0.1, -0.05) is 19.8 Å². The Hall–Kier alpha value is -0.570. The smallest absolute Gasteiger partial charge is 0.143 e. The number of nitrogens with zero attached hydrogens (tertiary/aromatic N) is 2. The molecular formula is C13H19BrN2. The zero-order valence-corrected chi connectivity index (χ0v) is 11.4. The number of halogens is 1. The maximum absolute atomic E-state index is 4.52. The number of anilines is 1. The van der Waals surface area contributed by atoms with E-state index in [-0.39, 0.29) is 0 Å². The first-order valence-electron chi connectivity index (χ1n) is 6.20. The van der Waals surface area contributed by atoms with E-state index in [4.69, 9.17) is 0 Å². The molecule has 0 bridgehead atoms. The predicted octanol–water partition coefficient (Wildman–Crippen LogP) is 4.00. The van der Waals surface area contributed by atoms with Gasteiger partial charge in [0, 0.05) is 18.8 Å². The highest BCUT2D eigenvalue weighted by Crippen LogP contribution is 2.29. The zero-order valence-electron chi connectivity index (χ0n) is 9.82. The second-order valence-corrected chi connectivity index (χ2v) is 5.27. The minimum Gasteiger partial charge on any atom is -0.353 e. The highest BCUT2D eigenvalue weighted by atomic mass is 79.9. The number of aromatic nitrogens is 1. The molecule has 88 valence electrons. The number of hydrogen-bond acceptors (Lipinski definition) is 2. The maximum Gasteiger partial charge on any atom is 0.143 e. The fourth-order valence-corrected chi connectivity index (χ4v) is 2.95. The summed E-state index contributed by atoms with van der Waals surface area (Å²) in [5.74, 6) is 1.12. The summed E-state index contributed by atoms with van der Waals surface area (Å²) in [6, 6.07) is 4.72. The molecule has 1 aromatic heterocycles. The van der Waals surface area contributed by atoms with Crippen molar-refractivity contribution in [2.75, 3.05) is 11.4 Å². The summed E-state index contributed by atoms with van der Waals surface area (Å²) in [5, 5.41) is 0. The van der Waals surface area contributed by atoms with E-state index < -0.39 is 0 Å². The second kappa shape index (κ2) is 5.67. The van der Waals surface area contributed by atoms with Gasteiger partial charge in [0.1, 0.15) is 5.82 Å². The van der Waals surface area contributed by atoms with E-state index in [1.165, 1.54) is 32.1 Å². The fourth-order valence-electron chi connectivity index (χ4n) is 2.47. The van der Waals surface area contributed by atoms with Crippen LogP contribution in [-0.2, 0) is 0 Å². The van der Waals surface area contributed by atoms with Gasteiger partial charge < -0.3 is 4.90 Å². The molecule has 1 atom stereocenters. The Labute approximate surface area is 106 Å². The van der Waals surface area contributed by atoms with Crippen molar-refractivity contribution in [1.82, 2.24) is 4.98 Å². The molecule has 0 aliphatic carbocycles. The van der Waals surface area contributed by atoms with Crippen molar-refractivity contribution >= 4 is 21.7 Å². The molecule has 0 spiro atoms. The average Bonchev–Trinajstić information content (AvgIpc) is 2.54. The molecule has 0 saturated carbocycles. The Morgan fingerprint density at radius 3 is 3.06 bits per heavy atom. The number of pyridine rings is 1. The molecule has 3 heteroatoms. The van der Waals surface area contributed by atoms with Gasteiger partial charge in [-0.3, -0.25) is 0 Å². The third kappa shape index (κ3) is 2.57. The van der Waals surface area contributed by atoms with Crippen molar-refractivity contribution in [3.05, 3.63) is 22.8 Å². The summed E-state index contributed by atoms with van der Waals surface area (Å²) < 4.78 is 1.12. The molecular weight excluding hydrogens is 264 g/mol. The summed E-state index contributed by atoms with van der Waals surface area (Å²) in [4.78, 5) is 7.00. The van der Waals surface area contributed by atoms with Gasteiger partial charge in [-0.2, -0.15) is 0 Å². The molecule has 1 unspecified atom stereocenters. The average molecular weight is 283 g/mol. The Kier molecular flexibility index (Phi) is 4.22. The first kappa shape index (κ1) is 11.9. The standard InChI is InChI=1S/C13H19BrN2/c1-2-11-7-4-3-5-10-16(11)13-12(14)8-6-9-15-13/h6,8-9,11H,2-5,7,10H2,1H3. The predicted molar refractivity (Wildman–Crippen MR) is 71.8 cm³/mol. The van der Waals surface area contributed by atoms with Crippen LogP contribution in [0.15, 0.2) is 22.8 Å². The molecule has 1 aliphatic rings. The number of rotatable bonds is 2. The zero-order chi connectivity index (χ0) is 11.4. The van der Waals surface area contributed by atoms with Crippen molar-refractivity contribution in [1.29, 1.82) is 0 Å². The molecule has 2 rings (SSSR count). The lowest BCUT2D eigenvalue weighted by Crippen LogP contribution is -2.35. The Bertz CT molecular complexity index is 340.